The lowest BCUT2D eigenvalue weighted by atomic mass is 10.1. The summed E-state index contributed by atoms with van der Waals surface area (Å²) < 4.78 is 19.5. The van der Waals surface area contributed by atoms with Crippen molar-refractivity contribution in [3.8, 4) is 0 Å². The number of aromatic nitrogens is 3. The summed E-state index contributed by atoms with van der Waals surface area (Å²) in [5.41, 5.74) is 9.39. The zero-order chi connectivity index (χ0) is 40.0. The van der Waals surface area contributed by atoms with Gasteiger partial charge in [0.25, 0.3) is 0 Å². The summed E-state index contributed by atoms with van der Waals surface area (Å²) >= 11 is 0. The van der Waals surface area contributed by atoms with Gasteiger partial charge in [0.15, 0.2) is 11.2 Å². The van der Waals surface area contributed by atoms with Crippen LogP contribution in [0.3, 0.4) is 0 Å². The third kappa shape index (κ3) is 5.22. The second kappa shape index (κ2) is 13.0. The fourth-order valence-corrected chi connectivity index (χ4v) is 9.06. The number of rotatable bonds is 6. The van der Waals surface area contributed by atoms with Crippen molar-refractivity contribution in [1.82, 2.24) is 15.0 Å². The molecule has 6 aromatic heterocycles. The van der Waals surface area contributed by atoms with E-state index in [9.17, 15) is 0 Å². The van der Waals surface area contributed by atoms with E-state index >= 15 is 0 Å². The second-order valence-corrected chi connectivity index (χ2v) is 15.3. The first-order valence-electron chi connectivity index (χ1n) is 20.1. The van der Waals surface area contributed by atoms with Gasteiger partial charge in [0.05, 0.1) is 29.5 Å². The smallest absolute Gasteiger partial charge is 0.153 e. The van der Waals surface area contributed by atoms with E-state index in [1.807, 2.05) is 24.4 Å². The summed E-state index contributed by atoms with van der Waals surface area (Å²) in [6.45, 7) is 0. The quantitative estimate of drug-likeness (QED) is 0.165. The van der Waals surface area contributed by atoms with Crippen LogP contribution in [0.5, 0.6) is 0 Å². The summed E-state index contributed by atoms with van der Waals surface area (Å²) in [7, 11) is 0. The molecule has 7 aromatic carbocycles. The first kappa shape index (κ1) is 33.5. The van der Waals surface area contributed by atoms with Crippen LogP contribution >= 0.6 is 0 Å². The van der Waals surface area contributed by atoms with Crippen molar-refractivity contribution in [2.45, 2.75) is 0 Å². The molecule has 8 nitrogen and oxygen atoms in total. The number of nitrogens with zero attached hydrogens (tertiary/aromatic N) is 5. The minimum Gasteiger partial charge on any atom is -0.456 e. The monoisotopic (exact) mass is 785 g/mol. The molecule has 0 aliphatic rings. The Kier molecular flexibility index (Phi) is 7.14. The number of hydrogen-bond acceptors (Lipinski definition) is 8. The SMILES string of the molecule is c1ccc2c(N(c3ccc4c(c3)oc3cnccc34)c3ccc4c(c3)oc3cc(N(c5ccc6c(c5)oc5cnccc56)c5cccc6ccccc56)ncc34)cccc2c1. The van der Waals surface area contributed by atoms with Crippen LogP contribution in [0.15, 0.2) is 202 Å². The van der Waals surface area contributed by atoms with Gasteiger partial charge >= 0.3 is 0 Å². The van der Waals surface area contributed by atoms with Crippen LogP contribution in [0.25, 0.3) is 87.4 Å². The van der Waals surface area contributed by atoms with Gasteiger partial charge in [0.1, 0.15) is 28.1 Å². The predicted octanol–water partition coefficient (Wildman–Crippen LogP) is 14.8. The van der Waals surface area contributed by atoms with Crippen LogP contribution in [-0.4, -0.2) is 15.0 Å². The Bertz CT molecular complexity index is 3620. The number of benzene rings is 7. The third-order valence-electron chi connectivity index (χ3n) is 11.9. The highest BCUT2D eigenvalue weighted by Gasteiger charge is 2.22. The summed E-state index contributed by atoms with van der Waals surface area (Å²) in [5.74, 6) is 0.715. The predicted molar refractivity (Wildman–Crippen MR) is 246 cm³/mol. The molecular weight excluding hydrogens is 755 g/mol. The number of fused-ring (bicyclic) bond motifs is 11. The van der Waals surface area contributed by atoms with Crippen molar-refractivity contribution >= 4 is 122 Å². The second-order valence-electron chi connectivity index (χ2n) is 15.3. The van der Waals surface area contributed by atoms with Crippen LogP contribution in [0.1, 0.15) is 0 Å². The number of hydrogen-bond donors (Lipinski definition) is 0. The Balaban J connectivity index is 0.981. The topological polar surface area (TPSA) is 84.6 Å². The summed E-state index contributed by atoms with van der Waals surface area (Å²) in [4.78, 5) is 18.2. The minimum absolute atomic E-state index is 0.715. The van der Waals surface area contributed by atoms with Crippen LogP contribution in [-0.2, 0) is 0 Å². The zero-order valence-electron chi connectivity index (χ0n) is 32.4. The van der Waals surface area contributed by atoms with E-state index in [0.717, 1.165) is 116 Å². The Morgan fingerprint density at radius 2 is 0.770 bits per heavy atom. The highest BCUT2D eigenvalue weighted by Crippen LogP contribution is 2.45. The molecule has 0 aliphatic heterocycles. The van der Waals surface area contributed by atoms with Crippen molar-refractivity contribution in [2.24, 2.45) is 0 Å². The average molecular weight is 786 g/mol. The molecule has 0 bridgehead atoms. The largest absolute Gasteiger partial charge is 0.456 e. The van der Waals surface area contributed by atoms with Gasteiger partial charge in [0, 0.05) is 97.3 Å². The van der Waals surface area contributed by atoms with Gasteiger partial charge in [-0.1, -0.05) is 72.8 Å². The molecule has 286 valence electrons. The Hall–Kier alpha value is -8.49. The highest BCUT2D eigenvalue weighted by atomic mass is 16.3. The van der Waals surface area contributed by atoms with E-state index in [1.165, 1.54) is 0 Å². The normalized spacial score (nSPS) is 11.9. The molecule has 0 aliphatic carbocycles. The van der Waals surface area contributed by atoms with Gasteiger partial charge in [-0.15, -0.1) is 0 Å². The number of furan rings is 3. The highest BCUT2D eigenvalue weighted by molar-refractivity contribution is 6.10. The molecule has 0 radical (unpaired) electrons. The zero-order valence-corrected chi connectivity index (χ0v) is 32.4. The van der Waals surface area contributed by atoms with Gasteiger partial charge in [-0.3, -0.25) is 14.9 Å². The van der Waals surface area contributed by atoms with Crippen LogP contribution in [0.4, 0.5) is 34.3 Å². The molecule has 0 spiro atoms. The van der Waals surface area contributed by atoms with E-state index in [1.54, 1.807) is 24.8 Å². The molecule has 0 amide bonds. The van der Waals surface area contributed by atoms with E-state index in [-0.39, 0.29) is 0 Å². The van der Waals surface area contributed by atoms with E-state index in [0.29, 0.717) is 5.82 Å². The summed E-state index contributed by atoms with van der Waals surface area (Å²) in [6, 6.07) is 54.8. The molecule has 0 N–H and O–H groups in total. The molecule has 13 rings (SSSR count). The van der Waals surface area contributed by atoms with Crippen molar-refractivity contribution in [3.63, 3.8) is 0 Å². The van der Waals surface area contributed by atoms with E-state index in [4.69, 9.17) is 18.2 Å². The maximum atomic E-state index is 6.83. The molecule has 0 unspecified atom stereocenters. The maximum Gasteiger partial charge on any atom is 0.153 e. The number of anilines is 6. The first-order chi connectivity index (χ1) is 30.2. The molecule has 6 heterocycles. The van der Waals surface area contributed by atoms with Crippen molar-refractivity contribution in [2.75, 3.05) is 9.80 Å². The molecule has 13 aromatic rings. The van der Waals surface area contributed by atoms with Gasteiger partial charge in [-0.05, 0) is 71.4 Å². The Morgan fingerprint density at radius 1 is 0.328 bits per heavy atom. The fourth-order valence-electron chi connectivity index (χ4n) is 9.06. The average Bonchev–Trinajstić information content (AvgIpc) is 3.99. The molecule has 0 saturated carbocycles. The van der Waals surface area contributed by atoms with Crippen molar-refractivity contribution in [3.05, 3.63) is 189 Å². The molecule has 0 atom stereocenters. The van der Waals surface area contributed by atoms with Gasteiger partial charge in [-0.2, -0.15) is 0 Å². The maximum absolute atomic E-state index is 6.83. The lowest BCUT2D eigenvalue weighted by molar-refractivity contribution is 0.666. The van der Waals surface area contributed by atoms with Gasteiger partial charge in [-0.25, -0.2) is 4.98 Å². The van der Waals surface area contributed by atoms with Crippen molar-refractivity contribution < 1.29 is 13.3 Å². The van der Waals surface area contributed by atoms with Gasteiger partial charge < -0.3 is 18.2 Å². The molecular formula is C53H31N5O3. The van der Waals surface area contributed by atoms with Gasteiger partial charge in [0.2, 0.25) is 0 Å². The van der Waals surface area contributed by atoms with Crippen LogP contribution in [0.2, 0.25) is 0 Å². The lowest BCUT2D eigenvalue weighted by Crippen LogP contribution is -2.11. The first-order valence-corrected chi connectivity index (χ1v) is 20.1. The van der Waals surface area contributed by atoms with Crippen LogP contribution in [0, 0.1) is 0 Å². The lowest BCUT2D eigenvalue weighted by Gasteiger charge is -2.26. The Labute approximate surface area is 347 Å². The standard InChI is InChI=1S/C53H31N5O3/c1-3-11-37-32(7-1)9-5-13-45(37)57(34-15-18-39-42-21-23-54-30-51(42)60-47(39)25-34)35-16-20-41-44-29-56-53(28-50(44)59-49(41)26-35)58(46-14-6-10-33-8-2-4-12-38(33)46)36-17-19-40-43-22-24-55-31-52(43)61-48(40)27-36/h1-31H. The molecule has 61 heavy (non-hydrogen) atoms. The summed E-state index contributed by atoms with van der Waals surface area (Å²) in [6.07, 6.45) is 9.05. The fraction of sp³-hybridized carbons (Fsp3) is 0. The molecule has 8 heteroatoms. The van der Waals surface area contributed by atoms with E-state index < -0.39 is 0 Å². The Morgan fingerprint density at radius 3 is 1.34 bits per heavy atom. The van der Waals surface area contributed by atoms with Crippen molar-refractivity contribution in [1.29, 1.82) is 0 Å². The summed E-state index contributed by atoms with van der Waals surface area (Å²) in [5, 5.41) is 10.6. The number of pyridine rings is 3. The minimum atomic E-state index is 0.715. The molecule has 0 saturated heterocycles. The molecule has 0 fully saturated rings. The van der Waals surface area contributed by atoms with Crippen LogP contribution < -0.4 is 9.80 Å². The third-order valence-corrected chi connectivity index (χ3v) is 11.9. The van der Waals surface area contributed by atoms with E-state index in [2.05, 4.69) is 159 Å².